The van der Waals surface area contributed by atoms with Crippen LogP contribution in [0.1, 0.15) is 47.0 Å². The molecule has 1 fully saturated rings. The fourth-order valence-electron chi connectivity index (χ4n) is 4.83. The summed E-state index contributed by atoms with van der Waals surface area (Å²) in [5.41, 5.74) is 6.52. The van der Waals surface area contributed by atoms with Gasteiger partial charge in [0.05, 0.1) is 12.3 Å². The van der Waals surface area contributed by atoms with E-state index in [1.165, 1.54) is 16.5 Å². The van der Waals surface area contributed by atoms with Gasteiger partial charge >= 0.3 is 0 Å². The predicted octanol–water partition coefficient (Wildman–Crippen LogP) is 4.49. The molecule has 1 aliphatic heterocycles. The van der Waals surface area contributed by atoms with Crippen molar-refractivity contribution in [1.82, 2.24) is 25.0 Å². The topological polar surface area (TPSA) is 87.9 Å². The fraction of sp³-hybridized carbons (Fsp3) is 0.360. The second-order valence-electron chi connectivity index (χ2n) is 8.79. The number of hydrogen-bond acceptors (Lipinski definition) is 5. The van der Waals surface area contributed by atoms with Crippen LogP contribution < -0.4 is 0 Å². The highest BCUT2D eigenvalue weighted by atomic mass is 16.5. The highest BCUT2D eigenvalue weighted by molar-refractivity contribution is 5.92. The van der Waals surface area contributed by atoms with Gasteiger partial charge in [0, 0.05) is 47.6 Å². The lowest BCUT2D eigenvalue weighted by Gasteiger charge is -2.31. The molecule has 1 amide bonds. The molecule has 7 nitrogen and oxygen atoms in total. The monoisotopic (exact) mass is 429 g/mol. The standard InChI is InChI=1S/C25H27N5O2/c1-15-10-16(2)23-20(17(3)27-21(23)11-15)12-22(31)30-9-5-7-19(14-30)25-28-24(29-32-25)18-6-4-8-26-13-18/h4,6,8,10-11,13,19,27H,5,7,9,12,14H2,1-3H3/t19-/m0/s1. The van der Waals surface area contributed by atoms with E-state index >= 15 is 0 Å². The van der Waals surface area contributed by atoms with Gasteiger partial charge in [-0.05, 0) is 68.5 Å². The number of aromatic nitrogens is 4. The second-order valence-corrected chi connectivity index (χ2v) is 8.79. The number of amides is 1. The van der Waals surface area contributed by atoms with Crippen molar-refractivity contribution in [2.75, 3.05) is 13.1 Å². The summed E-state index contributed by atoms with van der Waals surface area (Å²) in [6.07, 6.45) is 5.69. The molecule has 164 valence electrons. The zero-order valence-corrected chi connectivity index (χ0v) is 18.7. The molecule has 1 atom stereocenters. The summed E-state index contributed by atoms with van der Waals surface area (Å²) in [4.78, 5) is 27.4. The van der Waals surface area contributed by atoms with Gasteiger partial charge in [0.15, 0.2) is 0 Å². The lowest BCUT2D eigenvalue weighted by Crippen LogP contribution is -2.40. The van der Waals surface area contributed by atoms with Gasteiger partial charge in [-0.3, -0.25) is 9.78 Å². The summed E-state index contributed by atoms with van der Waals surface area (Å²) >= 11 is 0. The van der Waals surface area contributed by atoms with Crippen molar-refractivity contribution in [3.63, 3.8) is 0 Å². The number of benzene rings is 1. The third-order valence-electron chi connectivity index (χ3n) is 6.37. The van der Waals surface area contributed by atoms with Gasteiger partial charge < -0.3 is 14.4 Å². The average molecular weight is 430 g/mol. The van der Waals surface area contributed by atoms with Crippen molar-refractivity contribution in [3.05, 3.63) is 64.9 Å². The Bertz CT molecular complexity index is 1270. The molecule has 32 heavy (non-hydrogen) atoms. The SMILES string of the molecule is Cc1cc(C)c2c(CC(=O)N3CCC[C@H](c4nc(-c5cccnc5)no4)C3)c(C)[nH]c2c1. The average Bonchev–Trinajstić information content (AvgIpc) is 3.40. The molecular formula is C25H27N5O2. The number of hydrogen-bond donors (Lipinski definition) is 1. The molecule has 0 bridgehead atoms. The van der Waals surface area contributed by atoms with Crippen molar-refractivity contribution in [3.8, 4) is 11.4 Å². The third-order valence-corrected chi connectivity index (χ3v) is 6.37. The Balaban J connectivity index is 1.33. The number of likely N-dealkylation sites (tertiary alicyclic amines) is 1. The first-order chi connectivity index (χ1) is 15.5. The molecule has 0 unspecified atom stereocenters. The molecule has 1 saturated heterocycles. The molecule has 7 heteroatoms. The molecule has 5 rings (SSSR count). The molecule has 1 aromatic carbocycles. The van der Waals surface area contributed by atoms with Gasteiger partial charge in [-0.15, -0.1) is 0 Å². The molecule has 0 radical (unpaired) electrons. The Morgan fingerprint density at radius 2 is 2.16 bits per heavy atom. The molecule has 1 aliphatic rings. The first-order valence-electron chi connectivity index (χ1n) is 11.1. The highest BCUT2D eigenvalue weighted by Crippen LogP contribution is 2.30. The summed E-state index contributed by atoms with van der Waals surface area (Å²) in [6, 6.07) is 8.08. The lowest BCUT2D eigenvalue weighted by molar-refractivity contribution is -0.131. The number of carbonyl (C=O) groups is 1. The number of nitrogens with one attached hydrogen (secondary N) is 1. The Kier molecular flexibility index (Phi) is 5.25. The van der Waals surface area contributed by atoms with Gasteiger partial charge in [0.2, 0.25) is 17.6 Å². The van der Waals surface area contributed by atoms with Gasteiger partial charge in [0.1, 0.15) is 0 Å². The zero-order chi connectivity index (χ0) is 22.2. The molecular weight excluding hydrogens is 402 g/mol. The first kappa shape index (κ1) is 20.4. The van der Waals surface area contributed by atoms with Crippen molar-refractivity contribution in [1.29, 1.82) is 0 Å². The maximum absolute atomic E-state index is 13.3. The van der Waals surface area contributed by atoms with E-state index in [-0.39, 0.29) is 11.8 Å². The van der Waals surface area contributed by atoms with Crippen LogP contribution in [-0.2, 0) is 11.2 Å². The fourth-order valence-corrected chi connectivity index (χ4v) is 4.83. The summed E-state index contributed by atoms with van der Waals surface area (Å²) in [6.45, 7) is 7.63. The summed E-state index contributed by atoms with van der Waals surface area (Å²) < 4.78 is 5.56. The largest absolute Gasteiger partial charge is 0.358 e. The van der Waals surface area contributed by atoms with Crippen molar-refractivity contribution >= 4 is 16.8 Å². The second kappa shape index (κ2) is 8.22. The normalized spacial score (nSPS) is 16.6. The number of H-pyrrole nitrogens is 1. The van der Waals surface area contributed by atoms with E-state index in [0.717, 1.165) is 41.7 Å². The minimum atomic E-state index is 0.0547. The van der Waals surface area contributed by atoms with E-state index in [2.05, 4.69) is 53.0 Å². The van der Waals surface area contributed by atoms with Crippen LogP contribution in [0.3, 0.4) is 0 Å². The van der Waals surface area contributed by atoms with E-state index in [9.17, 15) is 4.79 Å². The van der Waals surface area contributed by atoms with Crippen molar-refractivity contribution in [2.45, 2.75) is 46.0 Å². The number of rotatable bonds is 4. The van der Waals surface area contributed by atoms with Crippen LogP contribution >= 0.6 is 0 Å². The Hall–Kier alpha value is -3.48. The lowest BCUT2D eigenvalue weighted by atomic mass is 9.96. The maximum atomic E-state index is 13.3. The van der Waals surface area contributed by atoms with Crippen LogP contribution in [0.5, 0.6) is 0 Å². The number of fused-ring (bicyclic) bond motifs is 1. The number of piperidine rings is 1. The first-order valence-corrected chi connectivity index (χ1v) is 11.1. The van der Waals surface area contributed by atoms with Crippen molar-refractivity contribution in [2.24, 2.45) is 0 Å². The number of aryl methyl sites for hydroxylation is 3. The smallest absolute Gasteiger partial charge is 0.231 e. The summed E-state index contributed by atoms with van der Waals surface area (Å²) in [5, 5.41) is 5.30. The molecule has 4 aromatic rings. The number of aromatic amines is 1. The van der Waals surface area contributed by atoms with Crippen LogP contribution in [0.4, 0.5) is 0 Å². The summed E-state index contributed by atoms with van der Waals surface area (Å²) in [5.74, 6) is 1.33. The van der Waals surface area contributed by atoms with Gasteiger partial charge in [-0.25, -0.2) is 0 Å². The quantitative estimate of drug-likeness (QED) is 0.516. The van der Waals surface area contributed by atoms with E-state index < -0.39 is 0 Å². The zero-order valence-electron chi connectivity index (χ0n) is 18.7. The van der Waals surface area contributed by atoms with Crippen LogP contribution in [0.25, 0.3) is 22.3 Å². The van der Waals surface area contributed by atoms with Gasteiger partial charge in [-0.1, -0.05) is 11.2 Å². The molecule has 0 saturated carbocycles. The van der Waals surface area contributed by atoms with Gasteiger partial charge in [-0.2, -0.15) is 4.98 Å². The summed E-state index contributed by atoms with van der Waals surface area (Å²) in [7, 11) is 0. The molecule has 0 spiro atoms. The van der Waals surface area contributed by atoms with Crippen LogP contribution in [0.15, 0.2) is 41.2 Å². The molecule has 1 N–H and O–H groups in total. The molecule has 3 aromatic heterocycles. The minimum Gasteiger partial charge on any atom is -0.358 e. The van der Waals surface area contributed by atoms with Gasteiger partial charge in [0.25, 0.3) is 0 Å². The molecule has 0 aliphatic carbocycles. The van der Waals surface area contributed by atoms with Crippen LogP contribution in [0.2, 0.25) is 0 Å². The van der Waals surface area contributed by atoms with E-state index in [1.54, 1.807) is 12.4 Å². The Labute approximate surface area is 186 Å². The number of nitrogens with zero attached hydrogens (tertiary/aromatic N) is 4. The van der Waals surface area contributed by atoms with Crippen molar-refractivity contribution < 1.29 is 9.32 Å². The molecule has 4 heterocycles. The predicted molar refractivity (Wildman–Crippen MR) is 122 cm³/mol. The number of carbonyl (C=O) groups excluding carboxylic acids is 1. The van der Waals surface area contributed by atoms with E-state index in [1.807, 2.05) is 17.0 Å². The Morgan fingerprint density at radius 1 is 1.28 bits per heavy atom. The van der Waals surface area contributed by atoms with E-state index in [0.29, 0.717) is 24.7 Å². The van der Waals surface area contributed by atoms with E-state index in [4.69, 9.17) is 4.52 Å². The highest BCUT2D eigenvalue weighted by Gasteiger charge is 2.29. The minimum absolute atomic E-state index is 0.0547. The maximum Gasteiger partial charge on any atom is 0.231 e. The Morgan fingerprint density at radius 3 is 2.97 bits per heavy atom. The number of pyridine rings is 1. The van der Waals surface area contributed by atoms with Crippen LogP contribution in [0, 0.1) is 20.8 Å². The van der Waals surface area contributed by atoms with Crippen LogP contribution in [-0.4, -0.2) is 44.0 Å². The third kappa shape index (κ3) is 3.79.